The molecule has 1 aliphatic carbocycles. The molecule has 1 aliphatic rings. The Bertz CT molecular complexity index is 1640. The number of methoxy groups -OCH3 is 1. The van der Waals surface area contributed by atoms with Gasteiger partial charge in [-0.25, -0.2) is 21.2 Å². The van der Waals surface area contributed by atoms with Crippen LogP contribution in [0.1, 0.15) is 42.1 Å². The maximum absolute atomic E-state index is 13.8. The van der Waals surface area contributed by atoms with E-state index in [2.05, 4.69) is 9.84 Å². The van der Waals surface area contributed by atoms with Crippen LogP contribution in [0.5, 0.6) is 0 Å². The maximum Gasteiger partial charge on any atom is 0.416 e. The monoisotopic (exact) mass is 603 g/mol. The number of fused-ring (bicyclic) bond motifs is 1. The molecule has 0 saturated heterocycles. The van der Waals surface area contributed by atoms with Gasteiger partial charge in [-0.2, -0.15) is 22.6 Å². The number of esters is 1. The summed E-state index contributed by atoms with van der Waals surface area (Å²) in [6.45, 7) is 0.198. The first kappa shape index (κ1) is 29.7. The van der Waals surface area contributed by atoms with Gasteiger partial charge in [-0.05, 0) is 61.7 Å². The lowest BCUT2D eigenvalue weighted by Gasteiger charge is -2.31. The van der Waals surface area contributed by atoms with Crippen LogP contribution in [0, 0.1) is 5.82 Å². The Morgan fingerprint density at radius 3 is 2.35 bits per heavy atom. The van der Waals surface area contributed by atoms with E-state index in [1.165, 1.54) is 20.4 Å². The van der Waals surface area contributed by atoms with Crippen molar-refractivity contribution in [3.8, 4) is 0 Å². The largest absolute Gasteiger partial charge is 0.469 e. The van der Waals surface area contributed by atoms with Crippen molar-refractivity contribution in [3.05, 3.63) is 71.3 Å². The fraction of sp³-hybridized carbons (Fsp3) is 0.360. The van der Waals surface area contributed by atoms with Crippen molar-refractivity contribution >= 4 is 25.8 Å². The zero-order chi connectivity index (χ0) is 29.5. The number of rotatable bonds is 8. The van der Waals surface area contributed by atoms with Gasteiger partial charge in [0.2, 0.25) is 19.9 Å². The van der Waals surface area contributed by atoms with E-state index in [9.17, 15) is 39.2 Å². The van der Waals surface area contributed by atoms with E-state index in [0.717, 1.165) is 28.6 Å². The minimum Gasteiger partial charge on any atom is -0.469 e. The highest BCUT2D eigenvalue weighted by atomic mass is 32.2. The van der Waals surface area contributed by atoms with Crippen molar-refractivity contribution in [2.45, 2.75) is 59.1 Å². The van der Waals surface area contributed by atoms with Crippen LogP contribution in [0.15, 0.2) is 63.3 Å². The number of nitrogens with zero attached hydrogens (tertiary/aromatic N) is 3. The molecule has 0 N–H and O–H groups in total. The number of benzene rings is 2. The molecule has 1 aromatic heterocycles. The Labute approximate surface area is 228 Å². The number of carbonyl (C=O) groups excluding carboxylic acids is 1. The van der Waals surface area contributed by atoms with E-state index < -0.39 is 64.1 Å². The Hall–Kier alpha value is -3.30. The topological polar surface area (TPSA) is 116 Å². The molecule has 0 amide bonds. The highest BCUT2D eigenvalue weighted by Crippen LogP contribution is 2.39. The molecule has 0 spiro atoms. The lowest BCUT2D eigenvalue weighted by Crippen LogP contribution is -2.33. The number of halogens is 4. The van der Waals surface area contributed by atoms with E-state index >= 15 is 0 Å². The molecule has 0 aliphatic heterocycles. The van der Waals surface area contributed by atoms with E-state index in [0.29, 0.717) is 48.7 Å². The van der Waals surface area contributed by atoms with E-state index in [1.807, 2.05) is 0 Å². The highest BCUT2D eigenvalue weighted by molar-refractivity contribution is 7.91. The van der Waals surface area contributed by atoms with E-state index in [-0.39, 0.29) is 13.0 Å². The summed E-state index contributed by atoms with van der Waals surface area (Å²) in [5.74, 6) is -1.21. The van der Waals surface area contributed by atoms with Gasteiger partial charge in [-0.3, -0.25) is 9.48 Å². The SMILES string of the molecule is COC(=O)CCn1ncc2c1CCC[C@H]2N(C)S(=O)(=O)c1cc(C(F)(F)F)cc(S(=O)(=O)c2ccc(F)cc2)c1. The second-order valence-electron chi connectivity index (χ2n) is 9.17. The van der Waals surface area contributed by atoms with Crippen LogP contribution in [0.3, 0.4) is 0 Å². The first-order valence-corrected chi connectivity index (χ1v) is 14.9. The number of aromatic nitrogens is 2. The molecule has 0 saturated carbocycles. The molecule has 1 atom stereocenters. The van der Waals surface area contributed by atoms with Gasteiger partial charge in [0.05, 0.1) is 52.6 Å². The summed E-state index contributed by atoms with van der Waals surface area (Å²) >= 11 is 0. The van der Waals surface area contributed by atoms with Crippen LogP contribution in [0.4, 0.5) is 17.6 Å². The molecule has 0 unspecified atom stereocenters. The van der Waals surface area contributed by atoms with Crippen molar-refractivity contribution in [3.63, 3.8) is 0 Å². The van der Waals surface area contributed by atoms with Crippen molar-refractivity contribution in [2.24, 2.45) is 0 Å². The minimum absolute atomic E-state index is 0.0406. The smallest absolute Gasteiger partial charge is 0.416 e. The Morgan fingerprint density at radius 2 is 1.73 bits per heavy atom. The average Bonchev–Trinajstić information content (AvgIpc) is 3.34. The molecule has 15 heteroatoms. The number of carbonyl (C=O) groups is 1. The Morgan fingerprint density at radius 1 is 1.07 bits per heavy atom. The third-order valence-electron chi connectivity index (χ3n) is 6.74. The van der Waals surface area contributed by atoms with Crippen LogP contribution in [0.25, 0.3) is 0 Å². The predicted octanol–water partition coefficient (Wildman–Crippen LogP) is 4.14. The first-order valence-electron chi connectivity index (χ1n) is 12.0. The van der Waals surface area contributed by atoms with Gasteiger partial charge in [-0.15, -0.1) is 0 Å². The van der Waals surface area contributed by atoms with Gasteiger partial charge in [-0.1, -0.05) is 0 Å². The summed E-state index contributed by atoms with van der Waals surface area (Å²) in [6.07, 6.45) is -2.14. The number of hydrogen-bond donors (Lipinski definition) is 0. The molecular weight excluding hydrogens is 578 g/mol. The van der Waals surface area contributed by atoms with Crippen LogP contribution in [-0.4, -0.2) is 51.0 Å². The summed E-state index contributed by atoms with van der Waals surface area (Å²) in [5.41, 5.74) is -0.248. The van der Waals surface area contributed by atoms with Crippen LogP contribution in [-0.2, 0) is 48.5 Å². The summed E-state index contributed by atoms with van der Waals surface area (Å²) in [6, 6.07) is 4.03. The first-order chi connectivity index (χ1) is 18.7. The number of sulfonamides is 1. The molecule has 0 bridgehead atoms. The van der Waals surface area contributed by atoms with Gasteiger partial charge >= 0.3 is 12.1 Å². The maximum atomic E-state index is 13.8. The van der Waals surface area contributed by atoms with Gasteiger partial charge in [0.1, 0.15) is 5.82 Å². The van der Waals surface area contributed by atoms with Gasteiger partial charge in [0, 0.05) is 18.3 Å². The van der Waals surface area contributed by atoms with Crippen LogP contribution < -0.4 is 0 Å². The van der Waals surface area contributed by atoms with Crippen LogP contribution >= 0.6 is 0 Å². The third-order valence-corrected chi connectivity index (χ3v) is 10.3. The third kappa shape index (κ3) is 5.76. The van der Waals surface area contributed by atoms with Gasteiger partial charge in [0.25, 0.3) is 0 Å². The molecular formula is C25H25F4N3O6S2. The minimum atomic E-state index is -5.06. The van der Waals surface area contributed by atoms with Crippen LogP contribution in [0.2, 0.25) is 0 Å². The number of aryl methyl sites for hydroxylation is 1. The quantitative estimate of drug-likeness (QED) is 0.216. The molecule has 40 heavy (non-hydrogen) atoms. The molecule has 9 nitrogen and oxygen atoms in total. The van der Waals surface area contributed by atoms with Crippen molar-refractivity contribution in [1.82, 2.24) is 14.1 Å². The Balaban J connectivity index is 1.75. The molecule has 4 rings (SSSR count). The summed E-state index contributed by atoms with van der Waals surface area (Å²) in [4.78, 5) is 9.28. The van der Waals surface area contributed by atoms with Gasteiger partial charge in [0.15, 0.2) is 0 Å². The second-order valence-corrected chi connectivity index (χ2v) is 13.1. The molecule has 1 heterocycles. The Kier molecular flexibility index (Phi) is 8.11. The standard InChI is InChI=1S/C25H25F4N3O6S2/c1-31(22-4-3-5-23-21(22)15-30-32(23)11-10-24(33)38-2)40(36,37)20-13-16(25(27,28)29)12-19(14-20)39(34,35)18-8-6-17(26)7-9-18/h6-9,12-15,22H,3-5,10-11H2,1-2H3/t22-/m1/s1. The molecule has 2 aromatic carbocycles. The second kappa shape index (κ2) is 10.9. The number of hydrogen-bond acceptors (Lipinski definition) is 7. The molecule has 3 aromatic rings. The fourth-order valence-corrected chi connectivity index (χ4v) is 7.43. The average molecular weight is 604 g/mol. The highest BCUT2D eigenvalue weighted by Gasteiger charge is 2.38. The van der Waals surface area contributed by atoms with E-state index in [1.54, 1.807) is 4.68 Å². The molecule has 0 fully saturated rings. The lowest BCUT2D eigenvalue weighted by atomic mass is 9.93. The predicted molar refractivity (Wildman–Crippen MR) is 133 cm³/mol. The molecule has 0 radical (unpaired) electrons. The zero-order valence-corrected chi connectivity index (χ0v) is 23.0. The number of ether oxygens (including phenoxy) is 1. The van der Waals surface area contributed by atoms with Gasteiger partial charge < -0.3 is 4.74 Å². The summed E-state index contributed by atoms with van der Waals surface area (Å²) in [7, 11) is -6.84. The number of sulfone groups is 1. The zero-order valence-electron chi connectivity index (χ0n) is 21.4. The van der Waals surface area contributed by atoms with Crippen molar-refractivity contribution < 1.29 is 43.9 Å². The normalized spacial score (nSPS) is 16.1. The van der Waals surface area contributed by atoms with Crippen molar-refractivity contribution in [1.29, 1.82) is 0 Å². The summed E-state index contributed by atoms with van der Waals surface area (Å²) < 4.78 is 115. The number of alkyl halides is 3. The molecule has 216 valence electrons. The van der Waals surface area contributed by atoms with E-state index in [4.69, 9.17) is 0 Å². The van der Waals surface area contributed by atoms with Crippen molar-refractivity contribution in [2.75, 3.05) is 14.2 Å². The lowest BCUT2D eigenvalue weighted by molar-refractivity contribution is -0.141. The summed E-state index contributed by atoms with van der Waals surface area (Å²) in [5, 5.41) is 4.26. The fourth-order valence-electron chi connectivity index (χ4n) is 4.59.